The van der Waals surface area contributed by atoms with E-state index in [1.807, 2.05) is 17.5 Å². The number of hydrogen-bond donors (Lipinski definition) is 1. The Morgan fingerprint density at radius 1 is 1.25 bits per heavy atom. The third-order valence-electron chi connectivity index (χ3n) is 2.06. The fourth-order valence-corrected chi connectivity index (χ4v) is 4.16. The summed E-state index contributed by atoms with van der Waals surface area (Å²) in [6.07, 6.45) is 1.75. The van der Waals surface area contributed by atoms with Crippen molar-refractivity contribution in [3.63, 3.8) is 0 Å². The molecule has 2 rings (SSSR count). The Bertz CT molecular complexity index is 513. The molecule has 0 saturated carbocycles. The Kier molecular flexibility index (Phi) is 4.18. The first-order chi connectivity index (χ1) is 7.59. The van der Waals surface area contributed by atoms with Gasteiger partial charge in [0.25, 0.3) is 0 Å². The van der Waals surface area contributed by atoms with Crippen LogP contribution in [0, 0.1) is 0 Å². The van der Waals surface area contributed by atoms with Gasteiger partial charge in [0.1, 0.15) is 0 Å². The van der Waals surface area contributed by atoms with Gasteiger partial charge in [-0.05, 0) is 65.3 Å². The highest BCUT2D eigenvalue weighted by Gasteiger charge is 2.17. The zero-order valence-electron chi connectivity index (χ0n) is 7.95. The normalized spacial score (nSPS) is 12.8. The monoisotopic (exact) mass is 424 g/mol. The number of halogens is 3. The van der Waals surface area contributed by atoms with Crippen LogP contribution in [-0.2, 0) is 0 Å². The van der Waals surface area contributed by atoms with Crippen molar-refractivity contribution in [1.82, 2.24) is 4.98 Å². The molecule has 2 N–H and O–H groups in total. The number of thiophene rings is 1. The van der Waals surface area contributed by atoms with Gasteiger partial charge in [0.05, 0.1) is 11.7 Å². The lowest BCUT2D eigenvalue weighted by molar-refractivity contribution is 0.835. The van der Waals surface area contributed by atoms with Crippen LogP contribution in [0.15, 0.2) is 37.1 Å². The average Bonchev–Trinajstić information content (AvgIpc) is 2.63. The van der Waals surface area contributed by atoms with E-state index < -0.39 is 0 Å². The Morgan fingerprint density at radius 2 is 2.00 bits per heavy atom. The molecular formula is C10H7Br3N2S. The van der Waals surface area contributed by atoms with Gasteiger partial charge in [0.2, 0.25) is 0 Å². The lowest BCUT2D eigenvalue weighted by atomic mass is 10.1. The van der Waals surface area contributed by atoms with Crippen molar-refractivity contribution in [3.8, 4) is 0 Å². The van der Waals surface area contributed by atoms with Crippen molar-refractivity contribution < 1.29 is 0 Å². The topological polar surface area (TPSA) is 38.9 Å². The van der Waals surface area contributed by atoms with Crippen molar-refractivity contribution in [3.05, 3.63) is 47.7 Å². The summed E-state index contributed by atoms with van der Waals surface area (Å²) < 4.78 is 2.87. The van der Waals surface area contributed by atoms with Gasteiger partial charge >= 0.3 is 0 Å². The van der Waals surface area contributed by atoms with Crippen LogP contribution in [0.3, 0.4) is 0 Å². The van der Waals surface area contributed by atoms with Crippen molar-refractivity contribution in [2.75, 3.05) is 0 Å². The zero-order valence-corrected chi connectivity index (χ0v) is 13.5. The molecule has 1 atom stereocenters. The lowest BCUT2D eigenvalue weighted by Crippen LogP contribution is -2.13. The van der Waals surface area contributed by atoms with Crippen LogP contribution < -0.4 is 5.73 Å². The van der Waals surface area contributed by atoms with Crippen molar-refractivity contribution in [2.45, 2.75) is 6.04 Å². The largest absolute Gasteiger partial charge is 0.318 e. The summed E-state index contributed by atoms with van der Waals surface area (Å²) in [5.41, 5.74) is 7.02. The summed E-state index contributed by atoms with van der Waals surface area (Å²) in [6, 6.07) is 3.73. The molecule has 6 heteroatoms. The van der Waals surface area contributed by atoms with E-state index in [0.29, 0.717) is 0 Å². The van der Waals surface area contributed by atoms with Crippen molar-refractivity contribution >= 4 is 59.1 Å². The molecule has 2 aromatic rings. The second kappa shape index (κ2) is 5.27. The number of rotatable bonds is 2. The Labute approximate surface area is 123 Å². The van der Waals surface area contributed by atoms with Crippen LogP contribution in [0.2, 0.25) is 0 Å². The molecule has 2 nitrogen and oxygen atoms in total. The Morgan fingerprint density at radius 3 is 2.56 bits per heavy atom. The molecule has 84 valence electrons. The summed E-state index contributed by atoms with van der Waals surface area (Å²) in [4.78, 5) is 5.42. The summed E-state index contributed by atoms with van der Waals surface area (Å²) in [7, 11) is 0. The van der Waals surface area contributed by atoms with Gasteiger partial charge in [0.15, 0.2) is 0 Å². The number of pyridine rings is 1. The number of aromatic nitrogens is 1. The van der Waals surface area contributed by atoms with Crippen LogP contribution in [0.25, 0.3) is 0 Å². The summed E-state index contributed by atoms with van der Waals surface area (Å²) in [6.45, 7) is 0. The molecule has 0 aliphatic heterocycles. The maximum Gasteiger partial charge on any atom is 0.0843 e. The van der Waals surface area contributed by atoms with Gasteiger partial charge in [-0.2, -0.15) is 0 Å². The maximum absolute atomic E-state index is 6.19. The molecule has 2 heterocycles. The molecule has 0 spiro atoms. The molecule has 0 aliphatic carbocycles. The third kappa shape index (κ3) is 2.56. The molecule has 2 aromatic heterocycles. The van der Waals surface area contributed by atoms with E-state index in [9.17, 15) is 0 Å². The second-order valence-electron chi connectivity index (χ2n) is 3.13. The van der Waals surface area contributed by atoms with E-state index in [1.54, 1.807) is 17.5 Å². The SMILES string of the molecule is NC(c1ncc(Br)cc1Br)c1sccc1Br. The molecule has 0 amide bonds. The molecular weight excluding hydrogens is 420 g/mol. The van der Waals surface area contributed by atoms with E-state index >= 15 is 0 Å². The number of nitrogens with zero attached hydrogens (tertiary/aromatic N) is 1. The first kappa shape index (κ1) is 12.7. The quantitative estimate of drug-likeness (QED) is 0.769. The van der Waals surface area contributed by atoms with Crippen LogP contribution in [0.4, 0.5) is 0 Å². The van der Waals surface area contributed by atoms with Crippen LogP contribution in [0.1, 0.15) is 16.6 Å². The Balaban J connectivity index is 2.41. The average molecular weight is 427 g/mol. The van der Waals surface area contributed by atoms with Gasteiger partial charge in [-0.3, -0.25) is 4.98 Å². The van der Waals surface area contributed by atoms with E-state index in [1.165, 1.54) is 0 Å². The highest BCUT2D eigenvalue weighted by molar-refractivity contribution is 9.11. The maximum atomic E-state index is 6.19. The minimum absolute atomic E-state index is 0.211. The van der Waals surface area contributed by atoms with Gasteiger partial charge in [-0.25, -0.2) is 0 Å². The summed E-state index contributed by atoms with van der Waals surface area (Å²) >= 11 is 11.9. The molecule has 0 bridgehead atoms. The predicted molar refractivity (Wildman–Crippen MR) is 77.7 cm³/mol. The molecule has 0 fully saturated rings. The van der Waals surface area contributed by atoms with E-state index in [4.69, 9.17) is 5.73 Å². The van der Waals surface area contributed by atoms with E-state index in [-0.39, 0.29) is 6.04 Å². The molecule has 16 heavy (non-hydrogen) atoms. The molecule has 1 unspecified atom stereocenters. The lowest BCUT2D eigenvalue weighted by Gasteiger charge is -2.12. The first-order valence-electron chi connectivity index (χ1n) is 4.39. The highest BCUT2D eigenvalue weighted by atomic mass is 79.9. The second-order valence-corrected chi connectivity index (χ2v) is 6.70. The summed E-state index contributed by atoms with van der Waals surface area (Å²) in [5, 5.41) is 2.01. The third-order valence-corrected chi connectivity index (χ3v) is 5.08. The van der Waals surface area contributed by atoms with Gasteiger partial charge in [0, 0.05) is 24.5 Å². The molecule has 0 aromatic carbocycles. The standard InChI is InChI=1S/C10H7Br3N2S/c11-5-3-7(13)9(15-4-5)8(14)10-6(12)1-2-16-10/h1-4,8H,14H2. The number of hydrogen-bond acceptors (Lipinski definition) is 3. The fourth-order valence-electron chi connectivity index (χ4n) is 1.31. The smallest absolute Gasteiger partial charge is 0.0843 e. The van der Waals surface area contributed by atoms with Crippen LogP contribution in [0.5, 0.6) is 0 Å². The zero-order chi connectivity index (χ0) is 11.7. The fraction of sp³-hybridized carbons (Fsp3) is 0.100. The molecule has 0 saturated heterocycles. The van der Waals surface area contributed by atoms with Crippen LogP contribution in [-0.4, -0.2) is 4.98 Å². The Hall–Kier alpha value is 0.250. The predicted octanol–water partition coefficient (Wildman–Crippen LogP) is 4.48. The van der Waals surface area contributed by atoms with Gasteiger partial charge in [-0.15, -0.1) is 11.3 Å². The highest BCUT2D eigenvalue weighted by Crippen LogP contribution is 2.34. The number of nitrogens with two attached hydrogens (primary N) is 1. The minimum Gasteiger partial charge on any atom is -0.318 e. The first-order valence-corrected chi connectivity index (χ1v) is 7.65. The minimum atomic E-state index is -0.211. The van der Waals surface area contributed by atoms with Crippen molar-refractivity contribution in [2.24, 2.45) is 5.73 Å². The van der Waals surface area contributed by atoms with Gasteiger partial charge < -0.3 is 5.73 Å². The van der Waals surface area contributed by atoms with Gasteiger partial charge in [-0.1, -0.05) is 0 Å². The van der Waals surface area contributed by atoms with E-state index in [0.717, 1.165) is 24.0 Å². The van der Waals surface area contributed by atoms with E-state index in [2.05, 4.69) is 52.8 Å². The van der Waals surface area contributed by atoms with Crippen LogP contribution >= 0.6 is 59.1 Å². The molecule has 0 aliphatic rings. The summed E-state index contributed by atoms with van der Waals surface area (Å²) in [5.74, 6) is 0. The molecule has 0 radical (unpaired) electrons. The van der Waals surface area contributed by atoms with Crippen molar-refractivity contribution in [1.29, 1.82) is 0 Å².